The summed E-state index contributed by atoms with van der Waals surface area (Å²) in [6, 6.07) is 7.66. The van der Waals surface area contributed by atoms with E-state index in [2.05, 4.69) is 10.2 Å². The number of ether oxygens (including phenoxy) is 1. The first kappa shape index (κ1) is 16.5. The van der Waals surface area contributed by atoms with Gasteiger partial charge in [0.2, 0.25) is 5.91 Å². The summed E-state index contributed by atoms with van der Waals surface area (Å²) in [7, 11) is 5.70. The van der Waals surface area contributed by atoms with Crippen LogP contribution in [0, 0.1) is 0 Å². The van der Waals surface area contributed by atoms with Gasteiger partial charge in [-0.15, -0.1) is 0 Å². The summed E-state index contributed by atoms with van der Waals surface area (Å²) in [5.41, 5.74) is 0.452. The number of rotatable bonds is 7. The first-order valence-corrected chi connectivity index (χ1v) is 6.95. The van der Waals surface area contributed by atoms with Crippen molar-refractivity contribution >= 4 is 5.91 Å². The Labute approximate surface area is 122 Å². The van der Waals surface area contributed by atoms with Gasteiger partial charge in [-0.25, -0.2) is 0 Å². The maximum atomic E-state index is 12.3. The molecular formula is C16H26N2O2. The number of amides is 1. The fourth-order valence-corrected chi connectivity index (χ4v) is 1.96. The molecule has 4 nitrogen and oxygen atoms in total. The van der Waals surface area contributed by atoms with Gasteiger partial charge in [-0.05, 0) is 58.6 Å². The van der Waals surface area contributed by atoms with Gasteiger partial charge in [0.25, 0.3) is 0 Å². The normalized spacial score (nSPS) is 11.5. The van der Waals surface area contributed by atoms with Crippen molar-refractivity contribution in [3.63, 3.8) is 0 Å². The van der Waals surface area contributed by atoms with Crippen molar-refractivity contribution in [2.45, 2.75) is 25.7 Å². The predicted molar refractivity (Wildman–Crippen MR) is 82.2 cm³/mol. The Balaban J connectivity index is 2.59. The second kappa shape index (κ2) is 7.29. The fourth-order valence-electron chi connectivity index (χ4n) is 1.96. The van der Waals surface area contributed by atoms with Crippen molar-refractivity contribution in [1.82, 2.24) is 10.2 Å². The van der Waals surface area contributed by atoms with Crippen molar-refractivity contribution in [1.29, 1.82) is 0 Å². The molecule has 1 rings (SSSR count). The third kappa shape index (κ3) is 4.53. The van der Waals surface area contributed by atoms with Gasteiger partial charge in [-0.3, -0.25) is 4.79 Å². The van der Waals surface area contributed by atoms with Gasteiger partial charge in [-0.1, -0.05) is 12.1 Å². The molecule has 0 saturated heterocycles. The topological polar surface area (TPSA) is 41.6 Å². The number of hydrogen-bond acceptors (Lipinski definition) is 3. The summed E-state index contributed by atoms with van der Waals surface area (Å²) in [5, 5.41) is 3.01. The average Bonchev–Trinajstić information content (AvgIpc) is 2.43. The molecule has 0 saturated carbocycles. The third-order valence-electron chi connectivity index (χ3n) is 3.45. The minimum absolute atomic E-state index is 0.0569. The largest absolute Gasteiger partial charge is 0.497 e. The molecule has 1 aromatic carbocycles. The van der Waals surface area contributed by atoms with Crippen LogP contribution in [0.1, 0.15) is 25.8 Å². The van der Waals surface area contributed by atoms with E-state index in [4.69, 9.17) is 4.74 Å². The molecule has 1 amide bonds. The van der Waals surface area contributed by atoms with Crippen LogP contribution in [0.15, 0.2) is 24.3 Å². The Kier molecular flexibility index (Phi) is 6.02. The predicted octanol–water partition coefficient (Wildman–Crippen LogP) is 2.04. The van der Waals surface area contributed by atoms with Gasteiger partial charge < -0.3 is 15.0 Å². The lowest BCUT2D eigenvalue weighted by Crippen LogP contribution is -2.40. The summed E-state index contributed by atoms with van der Waals surface area (Å²) in [6.45, 7) is 5.56. The van der Waals surface area contributed by atoms with E-state index in [1.54, 1.807) is 7.11 Å². The summed E-state index contributed by atoms with van der Waals surface area (Å²) < 4.78 is 5.14. The van der Waals surface area contributed by atoms with Crippen molar-refractivity contribution in [2.75, 3.05) is 34.3 Å². The van der Waals surface area contributed by atoms with Crippen LogP contribution in [0.25, 0.3) is 0 Å². The van der Waals surface area contributed by atoms with Crippen LogP contribution < -0.4 is 10.1 Å². The zero-order valence-corrected chi connectivity index (χ0v) is 13.2. The molecule has 0 aliphatic carbocycles. The maximum absolute atomic E-state index is 12.3. The number of hydrogen-bond donors (Lipinski definition) is 1. The molecule has 0 unspecified atom stereocenters. The molecule has 1 N–H and O–H groups in total. The minimum atomic E-state index is -0.537. The van der Waals surface area contributed by atoms with Gasteiger partial charge in [0, 0.05) is 6.54 Å². The Morgan fingerprint density at radius 3 is 2.35 bits per heavy atom. The van der Waals surface area contributed by atoms with Crippen molar-refractivity contribution in [2.24, 2.45) is 0 Å². The molecule has 112 valence electrons. The zero-order valence-electron chi connectivity index (χ0n) is 13.2. The second-order valence-corrected chi connectivity index (χ2v) is 5.77. The maximum Gasteiger partial charge on any atom is 0.230 e. The molecule has 0 atom stereocenters. The van der Waals surface area contributed by atoms with Gasteiger partial charge in [0.15, 0.2) is 0 Å². The lowest BCUT2D eigenvalue weighted by molar-refractivity contribution is -0.125. The Bertz CT molecular complexity index is 425. The van der Waals surface area contributed by atoms with Crippen LogP contribution in [0.2, 0.25) is 0 Å². The molecule has 0 aliphatic rings. The van der Waals surface area contributed by atoms with E-state index in [0.717, 1.165) is 24.3 Å². The molecular weight excluding hydrogens is 252 g/mol. The number of nitrogens with one attached hydrogen (secondary N) is 1. The standard InChI is InChI=1S/C16H26N2O2/c1-16(2,13-7-9-14(20-5)10-8-13)15(19)17-11-6-12-18(3)4/h7-10H,6,11-12H2,1-5H3,(H,17,19). The summed E-state index contributed by atoms with van der Waals surface area (Å²) >= 11 is 0. The zero-order chi connectivity index (χ0) is 15.2. The molecule has 0 aliphatic heterocycles. The van der Waals surface area contributed by atoms with E-state index in [1.165, 1.54) is 0 Å². The fraction of sp³-hybridized carbons (Fsp3) is 0.562. The van der Waals surface area contributed by atoms with Crippen LogP contribution in [0.3, 0.4) is 0 Å². The van der Waals surface area contributed by atoms with Gasteiger partial charge in [-0.2, -0.15) is 0 Å². The molecule has 0 fully saturated rings. The number of benzene rings is 1. The molecule has 4 heteroatoms. The lowest BCUT2D eigenvalue weighted by Gasteiger charge is -2.24. The molecule has 0 aromatic heterocycles. The number of nitrogens with zero attached hydrogens (tertiary/aromatic N) is 1. The molecule has 0 heterocycles. The van der Waals surface area contributed by atoms with Crippen molar-refractivity contribution in [3.05, 3.63) is 29.8 Å². The highest BCUT2D eigenvalue weighted by Gasteiger charge is 2.29. The molecule has 20 heavy (non-hydrogen) atoms. The van der Waals surface area contributed by atoms with E-state index in [9.17, 15) is 4.79 Å². The van der Waals surface area contributed by atoms with E-state index in [-0.39, 0.29) is 5.91 Å². The first-order chi connectivity index (χ1) is 9.37. The average molecular weight is 278 g/mol. The molecule has 0 spiro atoms. The number of carbonyl (C=O) groups excluding carboxylic acids is 1. The lowest BCUT2D eigenvalue weighted by atomic mass is 9.83. The van der Waals surface area contributed by atoms with E-state index < -0.39 is 5.41 Å². The minimum Gasteiger partial charge on any atom is -0.497 e. The van der Waals surface area contributed by atoms with Gasteiger partial charge in [0.05, 0.1) is 12.5 Å². The first-order valence-electron chi connectivity index (χ1n) is 6.95. The Morgan fingerprint density at radius 2 is 1.85 bits per heavy atom. The van der Waals surface area contributed by atoms with Crippen LogP contribution in [-0.4, -0.2) is 45.1 Å². The van der Waals surface area contributed by atoms with Crippen LogP contribution >= 0.6 is 0 Å². The quantitative estimate of drug-likeness (QED) is 0.776. The van der Waals surface area contributed by atoms with Gasteiger partial charge >= 0.3 is 0 Å². The monoisotopic (exact) mass is 278 g/mol. The third-order valence-corrected chi connectivity index (χ3v) is 3.45. The van der Waals surface area contributed by atoms with Crippen LogP contribution in [-0.2, 0) is 10.2 Å². The van der Waals surface area contributed by atoms with E-state index in [1.807, 2.05) is 52.2 Å². The van der Waals surface area contributed by atoms with Gasteiger partial charge in [0.1, 0.15) is 5.75 Å². The Hall–Kier alpha value is -1.55. The van der Waals surface area contributed by atoms with Crippen molar-refractivity contribution in [3.8, 4) is 5.75 Å². The summed E-state index contributed by atoms with van der Waals surface area (Å²) in [4.78, 5) is 14.4. The van der Waals surface area contributed by atoms with Crippen LogP contribution in [0.4, 0.5) is 0 Å². The summed E-state index contributed by atoms with van der Waals surface area (Å²) in [6.07, 6.45) is 0.956. The smallest absolute Gasteiger partial charge is 0.230 e. The van der Waals surface area contributed by atoms with E-state index >= 15 is 0 Å². The van der Waals surface area contributed by atoms with Crippen LogP contribution in [0.5, 0.6) is 5.75 Å². The second-order valence-electron chi connectivity index (χ2n) is 5.77. The summed E-state index contributed by atoms with van der Waals surface area (Å²) in [5.74, 6) is 0.859. The number of carbonyl (C=O) groups is 1. The Morgan fingerprint density at radius 1 is 1.25 bits per heavy atom. The van der Waals surface area contributed by atoms with Crippen molar-refractivity contribution < 1.29 is 9.53 Å². The molecule has 0 bridgehead atoms. The van der Waals surface area contributed by atoms with E-state index in [0.29, 0.717) is 6.54 Å². The number of methoxy groups -OCH3 is 1. The highest BCUT2D eigenvalue weighted by molar-refractivity contribution is 5.87. The highest BCUT2D eigenvalue weighted by Crippen LogP contribution is 2.25. The molecule has 0 radical (unpaired) electrons. The highest BCUT2D eigenvalue weighted by atomic mass is 16.5. The SMILES string of the molecule is COc1ccc(C(C)(C)C(=O)NCCCN(C)C)cc1. The molecule has 1 aromatic rings.